The van der Waals surface area contributed by atoms with E-state index in [1.54, 1.807) is 0 Å². The Morgan fingerprint density at radius 3 is 0.900 bits per heavy atom. The highest BCUT2D eigenvalue weighted by Crippen LogP contribution is 2.14. The summed E-state index contributed by atoms with van der Waals surface area (Å²) in [5, 5.41) is 0. The number of rotatable bonds is 34. The highest BCUT2D eigenvalue weighted by molar-refractivity contribution is 5.77. The molecule has 0 spiro atoms. The first kappa shape index (κ1) is 39.1. The van der Waals surface area contributed by atoms with Crippen LogP contribution in [0.15, 0.2) is 24.3 Å². The lowest BCUT2D eigenvalue weighted by atomic mass is 10.0. The van der Waals surface area contributed by atoms with Gasteiger partial charge in [-0.15, -0.1) is 0 Å². The van der Waals surface area contributed by atoms with Crippen LogP contribution in [0.3, 0.4) is 0 Å². The molecule has 0 rings (SSSR count). The Balaban J connectivity index is 3.16. The molecule has 0 aliphatic rings. The molecule has 0 aromatic rings. The van der Waals surface area contributed by atoms with Crippen molar-refractivity contribution in [1.29, 1.82) is 0 Å². The van der Waals surface area contributed by atoms with Gasteiger partial charge in [0, 0.05) is 12.8 Å². The zero-order chi connectivity index (χ0) is 29.0. The molecule has 40 heavy (non-hydrogen) atoms. The van der Waals surface area contributed by atoms with Gasteiger partial charge >= 0.3 is 0 Å². The quantitative estimate of drug-likeness (QED) is 0.0567. The number of hydrogen-bond donors (Lipinski definition) is 0. The molecule has 0 radical (unpaired) electrons. The predicted octanol–water partition coefficient (Wildman–Crippen LogP) is 14.2. The molecule has 0 bridgehead atoms. The molecule has 0 N–H and O–H groups in total. The Labute approximate surface area is 253 Å². The van der Waals surface area contributed by atoms with Gasteiger partial charge in [0.2, 0.25) is 0 Å². The number of ketones is 1. The lowest BCUT2D eigenvalue weighted by molar-refractivity contribution is -0.118. The minimum atomic E-state index is 0.434. The van der Waals surface area contributed by atoms with E-state index in [2.05, 4.69) is 31.2 Å². The van der Waals surface area contributed by atoms with E-state index >= 15 is 0 Å². The van der Waals surface area contributed by atoms with E-state index in [0.717, 1.165) is 12.8 Å². The van der Waals surface area contributed by atoms with Crippen molar-refractivity contribution in [2.75, 3.05) is 0 Å². The summed E-state index contributed by atoms with van der Waals surface area (Å²) in [6, 6.07) is 0. The topological polar surface area (TPSA) is 17.1 Å². The third-order valence-electron chi connectivity index (χ3n) is 8.52. The molecular weight excluding hydrogens is 484 g/mol. The lowest BCUT2D eigenvalue weighted by Crippen LogP contribution is -1.94. The molecule has 1 heteroatoms. The molecular formula is C39H74O. The Hall–Kier alpha value is -0.850. The fourth-order valence-corrected chi connectivity index (χ4v) is 5.63. The van der Waals surface area contributed by atoms with Gasteiger partial charge < -0.3 is 0 Å². The van der Waals surface area contributed by atoms with E-state index in [9.17, 15) is 4.79 Å². The molecule has 0 unspecified atom stereocenters. The van der Waals surface area contributed by atoms with Crippen molar-refractivity contribution in [2.24, 2.45) is 0 Å². The van der Waals surface area contributed by atoms with E-state index in [-0.39, 0.29) is 0 Å². The smallest absolute Gasteiger partial charge is 0.132 e. The number of carbonyl (C=O) groups is 1. The summed E-state index contributed by atoms with van der Waals surface area (Å²) in [6.07, 6.45) is 52.7. The number of allylic oxidation sites excluding steroid dienone is 4. The van der Waals surface area contributed by atoms with Crippen LogP contribution in [0.1, 0.15) is 219 Å². The third-order valence-corrected chi connectivity index (χ3v) is 8.52. The number of hydrogen-bond acceptors (Lipinski definition) is 1. The average molecular weight is 559 g/mol. The van der Waals surface area contributed by atoms with Gasteiger partial charge in [-0.2, -0.15) is 0 Å². The fraction of sp³-hybridized carbons (Fsp3) is 0.872. The minimum absolute atomic E-state index is 0.434. The van der Waals surface area contributed by atoms with Crippen molar-refractivity contribution in [3.8, 4) is 0 Å². The Kier molecular flexibility index (Phi) is 35.4. The van der Waals surface area contributed by atoms with Gasteiger partial charge in [0.05, 0.1) is 0 Å². The van der Waals surface area contributed by atoms with Crippen LogP contribution in [0, 0.1) is 0 Å². The Morgan fingerprint density at radius 2 is 0.600 bits per heavy atom. The predicted molar refractivity (Wildman–Crippen MR) is 182 cm³/mol. The minimum Gasteiger partial charge on any atom is -0.300 e. The monoisotopic (exact) mass is 559 g/mol. The zero-order valence-corrected chi connectivity index (χ0v) is 27.8. The summed E-state index contributed by atoms with van der Waals surface area (Å²) in [7, 11) is 0. The standard InChI is InChI=1S/C39H74O/c1-3-5-6-7-8-9-10-11-12-13-14-15-16-17-18-19-20-21-22-23-24-25-26-27-28-29-30-31-32-33-34-35-36-37-38-39(40)4-2/h17-18,24-25H,3-16,19-23,26-38H2,1-2H3. The zero-order valence-electron chi connectivity index (χ0n) is 27.8. The molecule has 236 valence electrons. The summed E-state index contributed by atoms with van der Waals surface area (Å²) in [6.45, 7) is 4.27. The normalized spacial score (nSPS) is 11.8. The van der Waals surface area contributed by atoms with Crippen molar-refractivity contribution in [3.63, 3.8) is 0 Å². The van der Waals surface area contributed by atoms with Crippen molar-refractivity contribution < 1.29 is 4.79 Å². The second-order valence-corrected chi connectivity index (χ2v) is 12.6. The number of unbranched alkanes of at least 4 members (excludes halogenated alkanes) is 27. The number of Topliss-reactive ketones (excluding diaryl/α,β-unsaturated/α-hetero) is 1. The van der Waals surface area contributed by atoms with E-state index < -0.39 is 0 Å². The van der Waals surface area contributed by atoms with Gasteiger partial charge in [0.25, 0.3) is 0 Å². The Bertz CT molecular complexity index is 531. The molecule has 0 aliphatic carbocycles. The van der Waals surface area contributed by atoms with Crippen molar-refractivity contribution in [2.45, 2.75) is 219 Å². The summed E-state index contributed by atoms with van der Waals surface area (Å²) >= 11 is 0. The molecule has 0 atom stereocenters. The van der Waals surface area contributed by atoms with Crippen molar-refractivity contribution in [1.82, 2.24) is 0 Å². The molecule has 0 heterocycles. The SMILES string of the molecule is CCCCCCCCCCCCCCC=CCCCCCC=CCCCCCCCCCCCCCC(=O)CC. The molecule has 0 aromatic carbocycles. The molecule has 0 saturated heterocycles. The number of carbonyl (C=O) groups excluding carboxylic acids is 1. The van der Waals surface area contributed by atoms with Crippen LogP contribution >= 0.6 is 0 Å². The first-order valence-corrected chi connectivity index (χ1v) is 18.6. The van der Waals surface area contributed by atoms with Crippen LogP contribution < -0.4 is 0 Å². The highest BCUT2D eigenvalue weighted by atomic mass is 16.1. The van der Waals surface area contributed by atoms with Gasteiger partial charge in [-0.3, -0.25) is 4.79 Å². The van der Waals surface area contributed by atoms with Crippen LogP contribution in [0.5, 0.6) is 0 Å². The van der Waals surface area contributed by atoms with Crippen LogP contribution in [-0.4, -0.2) is 5.78 Å². The van der Waals surface area contributed by atoms with Gasteiger partial charge in [-0.1, -0.05) is 173 Å². The summed E-state index contributed by atoms with van der Waals surface area (Å²) in [4.78, 5) is 11.3. The second kappa shape index (κ2) is 36.2. The van der Waals surface area contributed by atoms with Gasteiger partial charge in [-0.05, 0) is 57.8 Å². The molecule has 0 amide bonds. The molecule has 0 aliphatic heterocycles. The first-order valence-electron chi connectivity index (χ1n) is 18.6. The summed E-state index contributed by atoms with van der Waals surface area (Å²) < 4.78 is 0. The van der Waals surface area contributed by atoms with Crippen molar-refractivity contribution >= 4 is 5.78 Å². The molecule has 1 nitrogen and oxygen atoms in total. The summed E-state index contributed by atoms with van der Waals surface area (Å²) in [5.41, 5.74) is 0. The highest BCUT2D eigenvalue weighted by Gasteiger charge is 1.98. The fourth-order valence-electron chi connectivity index (χ4n) is 5.63. The van der Waals surface area contributed by atoms with Gasteiger partial charge in [0.1, 0.15) is 5.78 Å². The summed E-state index contributed by atoms with van der Waals surface area (Å²) in [5.74, 6) is 0.434. The maximum absolute atomic E-state index is 11.3. The third kappa shape index (κ3) is 35.2. The lowest BCUT2D eigenvalue weighted by Gasteiger charge is -2.02. The first-order chi connectivity index (χ1) is 19.8. The van der Waals surface area contributed by atoms with Crippen LogP contribution in [0.2, 0.25) is 0 Å². The average Bonchev–Trinajstić information content (AvgIpc) is 2.97. The maximum Gasteiger partial charge on any atom is 0.132 e. The molecule has 0 fully saturated rings. The molecule has 0 saturated carbocycles. The van der Waals surface area contributed by atoms with E-state index in [1.165, 1.54) is 186 Å². The van der Waals surface area contributed by atoms with Crippen LogP contribution in [0.25, 0.3) is 0 Å². The van der Waals surface area contributed by atoms with Crippen molar-refractivity contribution in [3.05, 3.63) is 24.3 Å². The Morgan fingerprint density at radius 1 is 0.350 bits per heavy atom. The molecule has 0 aromatic heterocycles. The van der Waals surface area contributed by atoms with E-state index in [4.69, 9.17) is 0 Å². The van der Waals surface area contributed by atoms with E-state index in [0.29, 0.717) is 12.2 Å². The van der Waals surface area contributed by atoms with Crippen LogP contribution in [-0.2, 0) is 4.79 Å². The van der Waals surface area contributed by atoms with Crippen LogP contribution in [0.4, 0.5) is 0 Å². The van der Waals surface area contributed by atoms with Gasteiger partial charge in [0.15, 0.2) is 0 Å². The van der Waals surface area contributed by atoms with Gasteiger partial charge in [-0.25, -0.2) is 0 Å². The van der Waals surface area contributed by atoms with E-state index in [1.807, 2.05) is 6.92 Å². The second-order valence-electron chi connectivity index (χ2n) is 12.6. The maximum atomic E-state index is 11.3. The largest absolute Gasteiger partial charge is 0.300 e.